The number of nitrogens with zero attached hydrogens (tertiary/aromatic N) is 2. The second-order valence-electron chi connectivity index (χ2n) is 4.39. The highest BCUT2D eigenvalue weighted by Crippen LogP contribution is 2.35. The standard InChI is InChI=1S/C14H17N3O/c1-8-5-9(2)12(11(6-8)18-4)13-10(3)14(15)17-7-16-13/h5-7H,1-4H3,(H2,15,16,17). The molecule has 0 spiro atoms. The molecule has 2 rings (SSSR count). The Balaban J connectivity index is 2.74. The van der Waals surface area contributed by atoms with Crippen molar-refractivity contribution >= 4 is 5.82 Å². The Morgan fingerprint density at radius 1 is 1.11 bits per heavy atom. The maximum absolute atomic E-state index is 5.84. The molecule has 0 atom stereocenters. The van der Waals surface area contributed by atoms with E-state index in [2.05, 4.69) is 16.0 Å². The van der Waals surface area contributed by atoms with Crippen molar-refractivity contribution in [3.05, 3.63) is 35.2 Å². The van der Waals surface area contributed by atoms with Crippen molar-refractivity contribution in [3.63, 3.8) is 0 Å². The summed E-state index contributed by atoms with van der Waals surface area (Å²) in [6.07, 6.45) is 1.48. The third-order valence-corrected chi connectivity index (χ3v) is 3.02. The minimum Gasteiger partial charge on any atom is -0.496 e. The van der Waals surface area contributed by atoms with Crippen LogP contribution >= 0.6 is 0 Å². The Bertz CT molecular complexity index is 594. The molecule has 94 valence electrons. The molecule has 0 aliphatic carbocycles. The van der Waals surface area contributed by atoms with Crippen molar-refractivity contribution in [3.8, 4) is 17.0 Å². The molecule has 2 N–H and O–H groups in total. The average Bonchev–Trinajstić information content (AvgIpc) is 2.32. The summed E-state index contributed by atoms with van der Waals surface area (Å²) >= 11 is 0. The first kappa shape index (κ1) is 12.4. The zero-order chi connectivity index (χ0) is 13.3. The van der Waals surface area contributed by atoms with Crippen LogP contribution in [-0.4, -0.2) is 17.1 Å². The fourth-order valence-electron chi connectivity index (χ4n) is 2.11. The quantitative estimate of drug-likeness (QED) is 0.880. The highest BCUT2D eigenvalue weighted by Gasteiger charge is 2.15. The van der Waals surface area contributed by atoms with Gasteiger partial charge in [-0.05, 0) is 38.0 Å². The number of hydrogen-bond acceptors (Lipinski definition) is 4. The second kappa shape index (κ2) is 4.64. The largest absolute Gasteiger partial charge is 0.496 e. The summed E-state index contributed by atoms with van der Waals surface area (Å²) < 4.78 is 5.46. The van der Waals surface area contributed by atoms with E-state index < -0.39 is 0 Å². The maximum Gasteiger partial charge on any atom is 0.130 e. The summed E-state index contributed by atoms with van der Waals surface area (Å²) in [5, 5.41) is 0. The van der Waals surface area contributed by atoms with Crippen LogP contribution < -0.4 is 10.5 Å². The first-order valence-corrected chi connectivity index (χ1v) is 5.77. The molecular weight excluding hydrogens is 226 g/mol. The molecule has 0 radical (unpaired) electrons. The molecule has 1 aromatic heterocycles. The molecular formula is C14H17N3O. The third-order valence-electron chi connectivity index (χ3n) is 3.02. The first-order chi connectivity index (χ1) is 8.54. The van der Waals surface area contributed by atoms with Gasteiger partial charge in [0.1, 0.15) is 17.9 Å². The molecule has 0 saturated carbocycles. The second-order valence-corrected chi connectivity index (χ2v) is 4.39. The van der Waals surface area contributed by atoms with Crippen molar-refractivity contribution in [1.82, 2.24) is 9.97 Å². The van der Waals surface area contributed by atoms with Gasteiger partial charge in [0, 0.05) is 11.1 Å². The third kappa shape index (κ3) is 2.01. The Labute approximate surface area is 107 Å². The summed E-state index contributed by atoms with van der Waals surface area (Å²) in [5.74, 6) is 1.32. The highest BCUT2D eigenvalue weighted by atomic mass is 16.5. The van der Waals surface area contributed by atoms with E-state index in [9.17, 15) is 0 Å². The minimum atomic E-state index is 0.502. The number of anilines is 1. The molecule has 1 heterocycles. The molecule has 4 nitrogen and oxygen atoms in total. The molecule has 0 aliphatic heterocycles. The molecule has 0 bridgehead atoms. The van der Waals surface area contributed by atoms with Crippen LogP contribution in [-0.2, 0) is 0 Å². The zero-order valence-corrected chi connectivity index (χ0v) is 11.1. The molecule has 0 amide bonds. The number of rotatable bonds is 2. The number of benzene rings is 1. The van der Waals surface area contributed by atoms with E-state index in [1.807, 2.05) is 26.8 Å². The van der Waals surface area contributed by atoms with Crippen LogP contribution in [0.25, 0.3) is 11.3 Å². The summed E-state index contributed by atoms with van der Waals surface area (Å²) in [6, 6.07) is 4.11. The predicted molar refractivity (Wildman–Crippen MR) is 72.6 cm³/mol. The van der Waals surface area contributed by atoms with Gasteiger partial charge in [-0.25, -0.2) is 9.97 Å². The van der Waals surface area contributed by atoms with Crippen molar-refractivity contribution in [2.45, 2.75) is 20.8 Å². The Morgan fingerprint density at radius 2 is 1.83 bits per heavy atom. The van der Waals surface area contributed by atoms with Gasteiger partial charge in [0.05, 0.1) is 12.8 Å². The Hall–Kier alpha value is -2.10. The van der Waals surface area contributed by atoms with Crippen LogP contribution in [0.1, 0.15) is 16.7 Å². The first-order valence-electron chi connectivity index (χ1n) is 5.77. The Kier molecular flexibility index (Phi) is 3.19. The Morgan fingerprint density at radius 3 is 2.50 bits per heavy atom. The summed E-state index contributed by atoms with van der Waals surface area (Å²) in [6.45, 7) is 6.01. The van der Waals surface area contributed by atoms with Gasteiger partial charge in [-0.2, -0.15) is 0 Å². The lowest BCUT2D eigenvalue weighted by molar-refractivity contribution is 0.415. The van der Waals surface area contributed by atoms with Gasteiger partial charge in [0.2, 0.25) is 0 Å². The van der Waals surface area contributed by atoms with Crippen LogP contribution in [0.5, 0.6) is 5.75 Å². The topological polar surface area (TPSA) is 61.0 Å². The summed E-state index contributed by atoms with van der Waals surface area (Å²) in [7, 11) is 1.66. The van der Waals surface area contributed by atoms with Gasteiger partial charge in [-0.1, -0.05) is 6.07 Å². The number of nitrogens with two attached hydrogens (primary N) is 1. The van der Waals surface area contributed by atoms with Gasteiger partial charge in [0.15, 0.2) is 0 Å². The van der Waals surface area contributed by atoms with Crippen LogP contribution in [0.4, 0.5) is 5.82 Å². The fraction of sp³-hybridized carbons (Fsp3) is 0.286. The van der Waals surface area contributed by atoms with E-state index in [0.717, 1.165) is 33.7 Å². The molecule has 0 fully saturated rings. The van der Waals surface area contributed by atoms with E-state index in [1.165, 1.54) is 6.33 Å². The maximum atomic E-state index is 5.84. The van der Waals surface area contributed by atoms with Gasteiger partial charge in [0.25, 0.3) is 0 Å². The van der Waals surface area contributed by atoms with E-state index >= 15 is 0 Å². The molecule has 4 heteroatoms. The number of methoxy groups -OCH3 is 1. The normalized spacial score (nSPS) is 10.4. The van der Waals surface area contributed by atoms with Crippen LogP contribution in [0.3, 0.4) is 0 Å². The fourth-order valence-corrected chi connectivity index (χ4v) is 2.11. The molecule has 0 aliphatic rings. The highest BCUT2D eigenvalue weighted by molar-refractivity contribution is 5.76. The van der Waals surface area contributed by atoms with Crippen molar-refractivity contribution < 1.29 is 4.74 Å². The molecule has 18 heavy (non-hydrogen) atoms. The van der Waals surface area contributed by atoms with Gasteiger partial charge < -0.3 is 10.5 Å². The van der Waals surface area contributed by atoms with E-state index in [0.29, 0.717) is 5.82 Å². The number of hydrogen-bond donors (Lipinski definition) is 1. The number of ether oxygens (including phenoxy) is 1. The molecule has 0 saturated heterocycles. The monoisotopic (exact) mass is 243 g/mol. The van der Waals surface area contributed by atoms with Gasteiger partial charge in [-0.15, -0.1) is 0 Å². The molecule has 1 aromatic carbocycles. The lowest BCUT2D eigenvalue weighted by atomic mass is 9.99. The number of nitrogen functional groups attached to an aromatic ring is 1. The van der Waals surface area contributed by atoms with Gasteiger partial charge >= 0.3 is 0 Å². The minimum absolute atomic E-state index is 0.502. The SMILES string of the molecule is COc1cc(C)cc(C)c1-c1ncnc(N)c1C. The predicted octanol–water partition coefficient (Wildman–Crippen LogP) is 2.66. The van der Waals surface area contributed by atoms with E-state index in [4.69, 9.17) is 10.5 Å². The van der Waals surface area contributed by atoms with E-state index in [1.54, 1.807) is 7.11 Å². The van der Waals surface area contributed by atoms with Crippen molar-refractivity contribution in [1.29, 1.82) is 0 Å². The number of aromatic nitrogens is 2. The van der Waals surface area contributed by atoms with Crippen molar-refractivity contribution in [2.75, 3.05) is 12.8 Å². The average molecular weight is 243 g/mol. The number of aryl methyl sites for hydroxylation is 2. The van der Waals surface area contributed by atoms with Crippen LogP contribution in [0.15, 0.2) is 18.5 Å². The van der Waals surface area contributed by atoms with Gasteiger partial charge in [-0.3, -0.25) is 0 Å². The van der Waals surface area contributed by atoms with Crippen LogP contribution in [0.2, 0.25) is 0 Å². The van der Waals surface area contributed by atoms with Crippen molar-refractivity contribution in [2.24, 2.45) is 0 Å². The lowest BCUT2D eigenvalue weighted by Gasteiger charge is -2.14. The van der Waals surface area contributed by atoms with Crippen LogP contribution in [0, 0.1) is 20.8 Å². The smallest absolute Gasteiger partial charge is 0.130 e. The van der Waals surface area contributed by atoms with E-state index in [-0.39, 0.29) is 0 Å². The molecule has 0 unspecified atom stereocenters. The lowest BCUT2D eigenvalue weighted by Crippen LogP contribution is -2.01. The zero-order valence-electron chi connectivity index (χ0n) is 11.1. The summed E-state index contributed by atoms with van der Waals surface area (Å²) in [5.41, 5.74) is 10.8. The summed E-state index contributed by atoms with van der Waals surface area (Å²) in [4.78, 5) is 8.33. The molecule has 2 aromatic rings.